The monoisotopic (exact) mass is 1080 g/mol. The van der Waals surface area contributed by atoms with Crippen LogP contribution in [-0.2, 0) is 42.9 Å². The number of ether oxygens (including phenoxy) is 5. The summed E-state index contributed by atoms with van der Waals surface area (Å²) in [6.07, 6.45) is 55.5. The quantitative estimate of drug-likeness (QED) is 0.0228. The Balaban J connectivity index is 2.69. The van der Waals surface area contributed by atoms with Crippen LogP contribution in [-0.4, -0.2) is 89.2 Å². The number of allylic oxidation sites excluding steroid dienone is 14. The molecule has 3 N–H and O–H groups in total. The van der Waals surface area contributed by atoms with Crippen LogP contribution in [0.1, 0.15) is 252 Å². The number of hydrogen-bond donors (Lipinski definition) is 3. The van der Waals surface area contributed by atoms with Crippen molar-refractivity contribution < 1.29 is 58.2 Å². The van der Waals surface area contributed by atoms with E-state index in [9.17, 15) is 34.5 Å². The zero-order chi connectivity index (χ0) is 56.1. The highest BCUT2D eigenvalue weighted by Gasteiger charge is 2.50. The van der Waals surface area contributed by atoms with Gasteiger partial charge >= 0.3 is 23.9 Å². The Bertz CT molecular complexity index is 1660. The van der Waals surface area contributed by atoms with Gasteiger partial charge in [0, 0.05) is 19.3 Å². The molecule has 1 aliphatic rings. The molecule has 0 radical (unpaired) electrons. The third-order valence-corrected chi connectivity index (χ3v) is 13.5. The molecule has 12 heteroatoms. The van der Waals surface area contributed by atoms with Gasteiger partial charge in [0.25, 0.3) is 0 Å². The zero-order valence-electron chi connectivity index (χ0n) is 48.4. The maximum Gasteiger partial charge on any atom is 0.335 e. The molecule has 1 rings (SSSR count). The second-order valence-electron chi connectivity index (χ2n) is 20.6. The minimum Gasteiger partial charge on any atom is -0.479 e. The van der Waals surface area contributed by atoms with E-state index in [1.54, 1.807) is 0 Å². The predicted octanol–water partition coefficient (Wildman–Crippen LogP) is 15.9. The molecule has 6 unspecified atom stereocenters. The Hall–Kier alpha value is -4.10. The summed E-state index contributed by atoms with van der Waals surface area (Å²) in [6.45, 7) is 5.74. The van der Waals surface area contributed by atoms with E-state index in [4.69, 9.17) is 23.7 Å². The van der Waals surface area contributed by atoms with Crippen LogP contribution < -0.4 is 0 Å². The maximum atomic E-state index is 13.1. The number of hydrogen-bond acceptors (Lipinski definition) is 11. The topological polar surface area (TPSA) is 175 Å². The highest BCUT2D eigenvalue weighted by atomic mass is 16.7. The molecule has 1 fully saturated rings. The van der Waals surface area contributed by atoms with Crippen molar-refractivity contribution in [1.82, 2.24) is 0 Å². The Morgan fingerprint density at radius 2 is 0.818 bits per heavy atom. The van der Waals surface area contributed by atoms with E-state index in [2.05, 4.69) is 106 Å². The molecular formula is C65H108O12. The van der Waals surface area contributed by atoms with Crippen molar-refractivity contribution in [3.8, 4) is 0 Å². The van der Waals surface area contributed by atoms with Gasteiger partial charge in [-0.05, 0) is 89.9 Å². The molecule has 0 aromatic rings. The summed E-state index contributed by atoms with van der Waals surface area (Å²) in [5.41, 5.74) is 0. The summed E-state index contributed by atoms with van der Waals surface area (Å²) in [6, 6.07) is 0. The highest BCUT2D eigenvalue weighted by molar-refractivity contribution is 5.74. The number of carbonyl (C=O) groups is 4. The third-order valence-electron chi connectivity index (χ3n) is 13.5. The molecule has 1 heterocycles. The first kappa shape index (κ1) is 70.9. The van der Waals surface area contributed by atoms with Crippen LogP contribution in [0.4, 0.5) is 0 Å². The summed E-state index contributed by atoms with van der Waals surface area (Å²) in [5, 5.41) is 31.5. The Morgan fingerprint density at radius 1 is 0.442 bits per heavy atom. The molecule has 440 valence electrons. The van der Waals surface area contributed by atoms with Gasteiger partial charge in [-0.15, -0.1) is 0 Å². The summed E-state index contributed by atoms with van der Waals surface area (Å²) in [7, 11) is 0. The molecule has 1 saturated heterocycles. The van der Waals surface area contributed by atoms with E-state index in [0.29, 0.717) is 19.3 Å². The molecule has 0 spiro atoms. The van der Waals surface area contributed by atoms with Crippen LogP contribution in [0.5, 0.6) is 0 Å². The standard InChI is InChI=1S/C65H108O12/c1-4-7-10-13-16-19-22-25-27-28-29-30-32-34-36-39-42-45-48-51-57(66)73-54-56(75-58(67)52-49-46-43-40-37-33-24-21-18-15-12-9-6-3)55-74-65-63(61(70)60(69)62(77-65)64(71)72)76-59(68)53-50-47-44-41-38-35-31-26-23-20-17-14-11-8-5-2/h7,9-10,12,16,18-19,21,25,27,29-30,33,37,56,60-63,65,69-70H,4-6,8,11,13-15,17,20,22-24,26,28,31-32,34-36,38-55H2,1-3H3,(H,71,72)/b10-7-,12-9-,19-16-,21-18-,27-25-,30-29-,37-33-. The molecule has 0 aliphatic carbocycles. The number of carbonyl (C=O) groups excluding carboxylic acids is 3. The number of aliphatic hydroxyl groups excluding tert-OH is 2. The minimum absolute atomic E-state index is 0.0559. The van der Waals surface area contributed by atoms with E-state index in [0.717, 1.165) is 128 Å². The number of carboxylic acids is 1. The van der Waals surface area contributed by atoms with Crippen molar-refractivity contribution >= 4 is 23.9 Å². The van der Waals surface area contributed by atoms with Crippen LogP contribution >= 0.6 is 0 Å². The fourth-order valence-electron chi connectivity index (χ4n) is 8.84. The first-order chi connectivity index (χ1) is 37.6. The minimum atomic E-state index is -1.91. The van der Waals surface area contributed by atoms with Crippen LogP contribution in [0, 0.1) is 0 Å². The largest absolute Gasteiger partial charge is 0.479 e. The number of rotatable bonds is 51. The van der Waals surface area contributed by atoms with Crippen LogP contribution in [0.3, 0.4) is 0 Å². The number of aliphatic carboxylic acids is 1. The van der Waals surface area contributed by atoms with Gasteiger partial charge in [-0.25, -0.2) is 4.79 Å². The van der Waals surface area contributed by atoms with Crippen LogP contribution in [0.15, 0.2) is 85.1 Å². The van der Waals surface area contributed by atoms with Crippen molar-refractivity contribution in [2.45, 2.75) is 289 Å². The van der Waals surface area contributed by atoms with Crippen molar-refractivity contribution in [1.29, 1.82) is 0 Å². The molecule has 6 atom stereocenters. The van der Waals surface area contributed by atoms with Crippen molar-refractivity contribution in [2.75, 3.05) is 13.2 Å². The van der Waals surface area contributed by atoms with Gasteiger partial charge in [-0.3, -0.25) is 14.4 Å². The summed E-state index contributed by atoms with van der Waals surface area (Å²) in [5.74, 6) is -3.17. The fraction of sp³-hybridized carbons (Fsp3) is 0.723. The van der Waals surface area contributed by atoms with Gasteiger partial charge in [-0.1, -0.05) is 228 Å². The van der Waals surface area contributed by atoms with Gasteiger partial charge in [-0.2, -0.15) is 0 Å². The van der Waals surface area contributed by atoms with Gasteiger partial charge < -0.3 is 39.0 Å². The maximum absolute atomic E-state index is 13.1. The number of carboxylic acid groups (broad SMARTS) is 1. The van der Waals surface area contributed by atoms with Gasteiger partial charge in [0.1, 0.15) is 18.8 Å². The SMILES string of the molecule is CC/C=C\C/C=C\C/C=C\C/C=C\CCCCCCCCC(=O)OCC(COC1OC(C(=O)O)C(O)C(O)C1OC(=O)CCCCCCCCCCCCCCCCC)OC(=O)CCCCC/C=C\C/C=C\C/C=C\CC. The third kappa shape index (κ3) is 42.5. The normalized spacial score (nSPS) is 18.6. The first-order valence-corrected chi connectivity index (χ1v) is 30.6. The van der Waals surface area contributed by atoms with E-state index in [1.165, 1.54) is 64.2 Å². The van der Waals surface area contributed by atoms with Crippen molar-refractivity contribution in [2.24, 2.45) is 0 Å². The molecule has 0 aromatic heterocycles. The lowest BCUT2D eigenvalue weighted by Gasteiger charge is -2.40. The predicted molar refractivity (Wildman–Crippen MR) is 312 cm³/mol. The molecule has 0 aromatic carbocycles. The lowest BCUT2D eigenvalue weighted by atomic mass is 9.98. The lowest BCUT2D eigenvalue weighted by molar-refractivity contribution is -0.301. The Morgan fingerprint density at radius 3 is 1.26 bits per heavy atom. The Labute approximate surface area is 467 Å². The average molecular weight is 1080 g/mol. The molecule has 77 heavy (non-hydrogen) atoms. The Kier molecular flexibility index (Phi) is 48.4. The average Bonchev–Trinajstić information content (AvgIpc) is 3.42. The summed E-state index contributed by atoms with van der Waals surface area (Å²) < 4.78 is 28.4. The number of esters is 3. The fourth-order valence-corrected chi connectivity index (χ4v) is 8.84. The number of aliphatic hydroxyl groups is 2. The van der Waals surface area contributed by atoms with Crippen molar-refractivity contribution in [3.05, 3.63) is 85.1 Å². The van der Waals surface area contributed by atoms with Crippen LogP contribution in [0.2, 0.25) is 0 Å². The van der Waals surface area contributed by atoms with Crippen LogP contribution in [0.25, 0.3) is 0 Å². The first-order valence-electron chi connectivity index (χ1n) is 30.6. The molecule has 0 amide bonds. The second kappa shape index (κ2) is 52.6. The van der Waals surface area contributed by atoms with E-state index in [1.807, 2.05) is 0 Å². The zero-order valence-corrected chi connectivity index (χ0v) is 48.4. The van der Waals surface area contributed by atoms with Crippen molar-refractivity contribution in [3.63, 3.8) is 0 Å². The number of unbranched alkanes of at least 4 members (excludes halogenated alkanes) is 23. The molecule has 1 aliphatic heterocycles. The molecule has 12 nitrogen and oxygen atoms in total. The summed E-state index contributed by atoms with van der Waals surface area (Å²) >= 11 is 0. The highest BCUT2D eigenvalue weighted by Crippen LogP contribution is 2.26. The van der Waals surface area contributed by atoms with E-state index in [-0.39, 0.29) is 25.9 Å². The van der Waals surface area contributed by atoms with Gasteiger partial charge in [0.15, 0.2) is 24.6 Å². The lowest BCUT2D eigenvalue weighted by Crippen LogP contribution is -2.61. The molecule has 0 saturated carbocycles. The van der Waals surface area contributed by atoms with Gasteiger partial charge in [0.2, 0.25) is 0 Å². The van der Waals surface area contributed by atoms with E-state index < -0.39 is 67.3 Å². The van der Waals surface area contributed by atoms with Gasteiger partial charge in [0.05, 0.1) is 6.61 Å². The smallest absolute Gasteiger partial charge is 0.335 e. The second-order valence-corrected chi connectivity index (χ2v) is 20.6. The summed E-state index contributed by atoms with van der Waals surface area (Å²) in [4.78, 5) is 51.2. The molecule has 0 bridgehead atoms. The molecular weight excluding hydrogens is 973 g/mol. The van der Waals surface area contributed by atoms with E-state index >= 15 is 0 Å².